The summed E-state index contributed by atoms with van der Waals surface area (Å²) in [7, 11) is 3.00. The van der Waals surface area contributed by atoms with Crippen LogP contribution in [-0.4, -0.2) is 49.2 Å². The van der Waals surface area contributed by atoms with Crippen LogP contribution in [0.25, 0.3) is 5.76 Å². The van der Waals surface area contributed by atoms with Crippen molar-refractivity contribution in [2.75, 3.05) is 32.3 Å². The van der Waals surface area contributed by atoms with Crippen molar-refractivity contribution < 1.29 is 33.6 Å². The van der Waals surface area contributed by atoms with Crippen LogP contribution in [0, 0.1) is 0 Å². The molecule has 1 aromatic heterocycles. The van der Waals surface area contributed by atoms with Crippen LogP contribution in [0.2, 0.25) is 0 Å². The Morgan fingerprint density at radius 1 is 1.00 bits per heavy atom. The molecule has 5 rings (SSSR count). The number of carbonyl (C=O) groups excluding carboxylic acids is 2. The van der Waals surface area contributed by atoms with Gasteiger partial charge < -0.3 is 24.1 Å². The van der Waals surface area contributed by atoms with Crippen molar-refractivity contribution in [2.24, 2.45) is 0 Å². The minimum Gasteiger partial charge on any atom is -0.507 e. The molecule has 35 heavy (non-hydrogen) atoms. The van der Waals surface area contributed by atoms with Crippen LogP contribution in [0.1, 0.15) is 17.2 Å². The predicted molar refractivity (Wildman–Crippen MR) is 126 cm³/mol. The van der Waals surface area contributed by atoms with Gasteiger partial charge in [-0.3, -0.25) is 14.5 Å². The van der Waals surface area contributed by atoms with Gasteiger partial charge in [0, 0.05) is 23.4 Å². The summed E-state index contributed by atoms with van der Waals surface area (Å²) in [6, 6.07) is 13.9. The topological polar surface area (TPSA) is 107 Å². The minimum atomic E-state index is -1.00. The van der Waals surface area contributed by atoms with Gasteiger partial charge in [-0.15, -0.1) is 0 Å². The van der Waals surface area contributed by atoms with Crippen molar-refractivity contribution >= 4 is 23.3 Å². The molecule has 0 saturated carbocycles. The summed E-state index contributed by atoms with van der Waals surface area (Å²) in [5.74, 6) is 0.155. The number of nitrogens with zero attached hydrogens (tertiary/aromatic N) is 2. The summed E-state index contributed by atoms with van der Waals surface area (Å²) in [4.78, 5) is 32.2. The van der Waals surface area contributed by atoms with Crippen LogP contribution in [-0.2, 0) is 9.59 Å². The van der Waals surface area contributed by atoms with Crippen LogP contribution >= 0.6 is 0 Å². The average Bonchev–Trinajstić information content (AvgIpc) is 3.17. The Labute approximate surface area is 201 Å². The first-order valence-corrected chi connectivity index (χ1v) is 10.9. The number of amides is 1. The van der Waals surface area contributed by atoms with Gasteiger partial charge in [0.15, 0.2) is 11.5 Å². The molecule has 9 heteroatoms. The molecule has 0 radical (unpaired) electrons. The van der Waals surface area contributed by atoms with Gasteiger partial charge in [-0.2, -0.15) is 0 Å². The third kappa shape index (κ3) is 3.80. The van der Waals surface area contributed by atoms with Gasteiger partial charge >= 0.3 is 5.91 Å². The van der Waals surface area contributed by atoms with E-state index in [1.165, 1.54) is 25.3 Å². The molecule has 1 atom stereocenters. The molecule has 0 spiro atoms. The highest BCUT2D eigenvalue weighted by molar-refractivity contribution is 6.51. The number of ketones is 1. The zero-order valence-corrected chi connectivity index (χ0v) is 19.1. The number of methoxy groups -OCH3 is 2. The molecule has 1 unspecified atom stereocenters. The van der Waals surface area contributed by atoms with Crippen LogP contribution in [0.3, 0.4) is 0 Å². The summed E-state index contributed by atoms with van der Waals surface area (Å²) in [5, 5.41) is 11.4. The number of hydrogen-bond donors (Lipinski definition) is 1. The summed E-state index contributed by atoms with van der Waals surface area (Å²) in [6.45, 7) is 0.787. The number of aliphatic hydroxyl groups excluding tert-OH is 1. The first-order valence-electron chi connectivity index (χ1n) is 10.9. The Bertz CT molecular complexity index is 1340. The first-order chi connectivity index (χ1) is 17.0. The SMILES string of the molecule is COc1ccc(C2/C(=C(\O)c3ccc4c(c3)OCCO4)C(=O)C(=O)N2c2ccccn2)c(OC)c1. The highest BCUT2D eigenvalue weighted by Gasteiger charge is 2.48. The largest absolute Gasteiger partial charge is 0.507 e. The molecule has 0 aliphatic carbocycles. The van der Waals surface area contributed by atoms with E-state index < -0.39 is 17.7 Å². The number of benzene rings is 2. The lowest BCUT2D eigenvalue weighted by Gasteiger charge is -2.26. The maximum Gasteiger partial charge on any atom is 0.301 e. The highest BCUT2D eigenvalue weighted by atomic mass is 16.6. The standard InChI is InChI=1S/C26H22N2O7/c1-32-16-7-8-17(19(14-16)33-2)23-22(25(30)26(31)28(23)21-5-3-4-10-27-21)24(29)15-6-9-18-20(13-15)35-12-11-34-18/h3-10,13-14,23,29H,11-12H2,1-2H3/b24-22+. The number of rotatable bonds is 5. The summed E-state index contributed by atoms with van der Waals surface area (Å²) < 4.78 is 22.0. The van der Waals surface area contributed by atoms with E-state index in [4.69, 9.17) is 18.9 Å². The number of hydrogen-bond acceptors (Lipinski definition) is 8. The third-order valence-corrected chi connectivity index (χ3v) is 5.89. The van der Waals surface area contributed by atoms with Gasteiger partial charge in [0.05, 0.1) is 19.8 Å². The molecule has 1 amide bonds. The van der Waals surface area contributed by atoms with E-state index in [-0.39, 0.29) is 17.2 Å². The molecule has 3 aromatic rings. The van der Waals surface area contributed by atoms with Crippen molar-refractivity contribution in [1.82, 2.24) is 4.98 Å². The van der Waals surface area contributed by atoms with E-state index in [1.54, 1.807) is 54.6 Å². The molecule has 0 bridgehead atoms. The van der Waals surface area contributed by atoms with E-state index in [0.717, 1.165) is 0 Å². The van der Waals surface area contributed by atoms with E-state index in [9.17, 15) is 14.7 Å². The number of carbonyl (C=O) groups is 2. The Morgan fingerprint density at radius 2 is 1.80 bits per heavy atom. The number of aliphatic hydroxyl groups is 1. The van der Waals surface area contributed by atoms with E-state index in [0.29, 0.717) is 47.3 Å². The Balaban J connectivity index is 1.73. The monoisotopic (exact) mass is 474 g/mol. The smallest absolute Gasteiger partial charge is 0.301 e. The second-order valence-corrected chi connectivity index (χ2v) is 7.82. The lowest BCUT2D eigenvalue weighted by atomic mass is 9.94. The number of ether oxygens (including phenoxy) is 4. The Morgan fingerprint density at radius 3 is 2.51 bits per heavy atom. The summed E-state index contributed by atoms with van der Waals surface area (Å²) in [5.41, 5.74) is 0.698. The van der Waals surface area contributed by atoms with Crippen molar-refractivity contribution in [3.8, 4) is 23.0 Å². The first kappa shape index (κ1) is 22.3. The maximum absolute atomic E-state index is 13.3. The van der Waals surface area contributed by atoms with E-state index >= 15 is 0 Å². The number of Topliss-reactive ketones (excluding diaryl/α,β-unsaturated/α-hetero) is 1. The Kier molecular flexibility index (Phi) is 5.74. The molecular formula is C26H22N2O7. The van der Waals surface area contributed by atoms with Crippen LogP contribution < -0.4 is 23.8 Å². The maximum atomic E-state index is 13.3. The zero-order valence-electron chi connectivity index (χ0n) is 19.1. The molecular weight excluding hydrogens is 452 g/mol. The van der Waals surface area contributed by atoms with Crippen molar-refractivity contribution in [1.29, 1.82) is 0 Å². The van der Waals surface area contributed by atoms with Gasteiger partial charge in [-0.1, -0.05) is 6.07 Å². The van der Waals surface area contributed by atoms with Gasteiger partial charge in [-0.05, 0) is 42.5 Å². The number of aromatic nitrogens is 1. The molecule has 178 valence electrons. The van der Waals surface area contributed by atoms with Crippen LogP contribution in [0.15, 0.2) is 66.4 Å². The van der Waals surface area contributed by atoms with E-state index in [2.05, 4.69) is 4.98 Å². The molecule has 2 aromatic carbocycles. The molecule has 2 aliphatic heterocycles. The van der Waals surface area contributed by atoms with Crippen LogP contribution in [0.4, 0.5) is 5.82 Å². The lowest BCUT2D eigenvalue weighted by Crippen LogP contribution is -2.30. The highest BCUT2D eigenvalue weighted by Crippen LogP contribution is 2.45. The quantitative estimate of drug-likeness (QED) is 0.340. The normalized spacial score (nSPS) is 18.5. The molecule has 3 heterocycles. The van der Waals surface area contributed by atoms with Gasteiger partial charge in [0.25, 0.3) is 5.78 Å². The van der Waals surface area contributed by atoms with E-state index in [1.807, 2.05) is 0 Å². The Hall–Kier alpha value is -4.53. The average molecular weight is 474 g/mol. The molecule has 9 nitrogen and oxygen atoms in total. The van der Waals surface area contributed by atoms with Gasteiger partial charge in [-0.25, -0.2) is 4.98 Å². The number of anilines is 1. The second kappa shape index (κ2) is 9.02. The fraction of sp³-hybridized carbons (Fsp3) is 0.192. The fourth-order valence-electron chi connectivity index (χ4n) is 4.25. The predicted octanol–water partition coefficient (Wildman–Crippen LogP) is 3.50. The van der Waals surface area contributed by atoms with Crippen LogP contribution in [0.5, 0.6) is 23.0 Å². The third-order valence-electron chi connectivity index (χ3n) is 5.89. The zero-order chi connectivity index (χ0) is 24.5. The molecule has 1 fully saturated rings. The molecule has 1 saturated heterocycles. The van der Waals surface area contributed by atoms with Crippen molar-refractivity contribution in [2.45, 2.75) is 6.04 Å². The van der Waals surface area contributed by atoms with Crippen molar-refractivity contribution in [3.63, 3.8) is 0 Å². The van der Waals surface area contributed by atoms with Gasteiger partial charge in [0.2, 0.25) is 0 Å². The second-order valence-electron chi connectivity index (χ2n) is 7.82. The lowest BCUT2D eigenvalue weighted by molar-refractivity contribution is -0.132. The molecule has 2 aliphatic rings. The van der Waals surface area contributed by atoms with Gasteiger partial charge in [0.1, 0.15) is 42.3 Å². The number of pyridine rings is 1. The number of fused-ring (bicyclic) bond motifs is 1. The summed E-state index contributed by atoms with van der Waals surface area (Å²) in [6.07, 6.45) is 1.53. The summed E-state index contributed by atoms with van der Waals surface area (Å²) >= 11 is 0. The molecule has 1 N–H and O–H groups in total. The minimum absolute atomic E-state index is 0.0965. The fourth-order valence-corrected chi connectivity index (χ4v) is 4.25. The van der Waals surface area contributed by atoms with Crippen molar-refractivity contribution in [3.05, 3.63) is 77.5 Å².